The number of hydrogen-bond donors (Lipinski definition) is 0. The minimum Gasteiger partial charge on any atom is -0.468 e. The Bertz CT molecular complexity index is 632. The van der Waals surface area contributed by atoms with Crippen LogP contribution in [0.2, 0.25) is 0 Å². The van der Waals surface area contributed by atoms with E-state index < -0.39 is 12.1 Å². The van der Waals surface area contributed by atoms with Crippen molar-refractivity contribution in [3.63, 3.8) is 0 Å². The van der Waals surface area contributed by atoms with Crippen molar-refractivity contribution in [1.29, 1.82) is 5.26 Å². The maximum Gasteiger partial charge on any atom is 0.414 e. The minimum absolute atomic E-state index is 0.171. The van der Waals surface area contributed by atoms with Crippen molar-refractivity contribution in [1.82, 2.24) is 4.90 Å². The summed E-state index contributed by atoms with van der Waals surface area (Å²) in [6, 6.07) is 9.76. The zero-order valence-electron chi connectivity index (χ0n) is 13.5. The highest BCUT2D eigenvalue weighted by atomic mass is 16.6. The maximum atomic E-state index is 11.9. The zero-order chi connectivity index (χ0) is 17.2. The molecule has 0 unspecified atom stereocenters. The molecule has 1 aromatic rings. The third kappa shape index (κ3) is 6.22. The predicted molar refractivity (Wildman–Crippen MR) is 84.3 cm³/mol. The number of nitrogens with zero attached hydrogens (tertiary/aromatic N) is 2. The van der Waals surface area contributed by atoms with Gasteiger partial charge in [-0.1, -0.05) is 29.8 Å². The molecule has 0 aliphatic heterocycles. The van der Waals surface area contributed by atoms with Crippen molar-refractivity contribution < 1.29 is 19.1 Å². The molecule has 1 aromatic carbocycles. The maximum absolute atomic E-state index is 11.9. The van der Waals surface area contributed by atoms with Gasteiger partial charge in [0, 0.05) is 12.6 Å². The van der Waals surface area contributed by atoms with Gasteiger partial charge in [-0.25, -0.2) is 4.79 Å². The highest BCUT2D eigenvalue weighted by Crippen LogP contribution is 2.11. The van der Waals surface area contributed by atoms with Gasteiger partial charge in [0.2, 0.25) is 0 Å². The van der Waals surface area contributed by atoms with Gasteiger partial charge in [-0.3, -0.25) is 9.69 Å². The van der Waals surface area contributed by atoms with E-state index in [9.17, 15) is 14.9 Å². The van der Waals surface area contributed by atoms with Crippen LogP contribution in [0.5, 0.6) is 0 Å². The molecule has 0 spiro atoms. The van der Waals surface area contributed by atoms with Crippen LogP contribution < -0.4 is 0 Å². The predicted octanol–water partition coefficient (Wildman–Crippen LogP) is 2.58. The molecule has 122 valence electrons. The van der Waals surface area contributed by atoms with E-state index in [4.69, 9.17) is 4.74 Å². The molecule has 0 N–H and O–H groups in total. The van der Waals surface area contributed by atoms with Crippen molar-refractivity contribution in [3.8, 4) is 6.07 Å². The molecule has 0 aliphatic carbocycles. The van der Waals surface area contributed by atoms with E-state index in [0.717, 1.165) is 16.0 Å². The van der Waals surface area contributed by atoms with Gasteiger partial charge in [-0.05, 0) is 19.4 Å². The number of rotatable bonds is 6. The van der Waals surface area contributed by atoms with Gasteiger partial charge in [0.05, 0.1) is 25.4 Å². The Morgan fingerprint density at radius 1 is 1.39 bits per heavy atom. The van der Waals surface area contributed by atoms with Crippen molar-refractivity contribution in [2.45, 2.75) is 20.3 Å². The summed E-state index contributed by atoms with van der Waals surface area (Å²) in [5.41, 5.74) is 2.36. The quantitative estimate of drug-likeness (QED) is 0.595. The van der Waals surface area contributed by atoms with Gasteiger partial charge in [0.15, 0.2) is 0 Å². The normalized spacial score (nSPS) is 10.6. The van der Waals surface area contributed by atoms with E-state index in [1.165, 1.54) is 13.3 Å². The Morgan fingerprint density at radius 3 is 2.70 bits per heavy atom. The standard InChI is InChI=1S/C17H20N2O4/c1-4-23-17(21)19(12-16(20)22-3)11-15(10-18)9-14-7-5-6-13(2)8-14/h5-8,11H,4,9,12H2,1-3H3/b15-11+. The van der Waals surface area contributed by atoms with Gasteiger partial charge in [0.25, 0.3) is 0 Å². The van der Waals surface area contributed by atoms with Gasteiger partial charge in [-0.2, -0.15) is 5.26 Å². The van der Waals surface area contributed by atoms with Crippen LogP contribution in [0.1, 0.15) is 18.1 Å². The fourth-order valence-electron chi connectivity index (χ4n) is 1.92. The minimum atomic E-state index is -0.699. The van der Waals surface area contributed by atoms with E-state index in [1.54, 1.807) is 6.92 Å². The summed E-state index contributed by atoms with van der Waals surface area (Å²) in [4.78, 5) is 24.4. The first-order valence-electron chi connectivity index (χ1n) is 7.16. The molecule has 0 heterocycles. The Morgan fingerprint density at radius 2 is 2.13 bits per heavy atom. The molecule has 0 saturated carbocycles. The molecular weight excluding hydrogens is 296 g/mol. The molecule has 6 nitrogen and oxygen atoms in total. The highest BCUT2D eigenvalue weighted by molar-refractivity contribution is 5.78. The molecule has 0 aromatic heterocycles. The first-order chi connectivity index (χ1) is 11.0. The van der Waals surface area contributed by atoms with E-state index in [1.807, 2.05) is 37.3 Å². The number of aryl methyl sites for hydroxylation is 1. The third-order valence-electron chi connectivity index (χ3n) is 2.96. The molecule has 0 fully saturated rings. The average Bonchev–Trinajstić information content (AvgIpc) is 2.53. The van der Waals surface area contributed by atoms with Crippen LogP contribution in [-0.4, -0.2) is 37.2 Å². The van der Waals surface area contributed by atoms with Gasteiger partial charge >= 0.3 is 12.1 Å². The van der Waals surface area contributed by atoms with Crippen molar-refractivity contribution in [3.05, 3.63) is 47.2 Å². The Hall–Kier alpha value is -2.81. The van der Waals surface area contributed by atoms with Crippen LogP contribution in [-0.2, 0) is 20.7 Å². The fraction of sp³-hybridized carbons (Fsp3) is 0.353. The summed E-state index contributed by atoms with van der Waals surface area (Å²) >= 11 is 0. The molecule has 23 heavy (non-hydrogen) atoms. The number of ether oxygens (including phenoxy) is 2. The summed E-state index contributed by atoms with van der Waals surface area (Å²) in [5.74, 6) is -0.595. The van der Waals surface area contributed by atoms with Crippen LogP contribution in [0.25, 0.3) is 0 Å². The van der Waals surface area contributed by atoms with Crippen LogP contribution in [0.3, 0.4) is 0 Å². The molecule has 0 atom stereocenters. The second kappa shape index (κ2) is 9.26. The first-order valence-corrected chi connectivity index (χ1v) is 7.16. The smallest absolute Gasteiger partial charge is 0.414 e. The number of esters is 1. The van der Waals surface area contributed by atoms with Crippen molar-refractivity contribution >= 4 is 12.1 Å². The van der Waals surface area contributed by atoms with Crippen LogP contribution in [0, 0.1) is 18.3 Å². The Kier molecular flexibility index (Phi) is 7.34. The summed E-state index contributed by atoms with van der Waals surface area (Å²) in [7, 11) is 1.23. The molecule has 1 amide bonds. The summed E-state index contributed by atoms with van der Waals surface area (Å²) in [5, 5.41) is 9.30. The highest BCUT2D eigenvalue weighted by Gasteiger charge is 2.17. The number of amides is 1. The Balaban J connectivity index is 2.98. The Labute approximate surface area is 135 Å². The summed E-state index contributed by atoms with van der Waals surface area (Å²) < 4.78 is 9.45. The average molecular weight is 316 g/mol. The monoisotopic (exact) mass is 316 g/mol. The number of allylic oxidation sites excluding steroid dienone is 1. The molecule has 0 bridgehead atoms. The molecule has 1 rings (SSSR count). The van der Waals surface area contributed by atoms with Gasteiger partial charge in [0.1, 0.15) is 6.54 Å². The van der Waals surface area contributed by atoms with Crippen molar-refractivity contribution in [2.75, 3.05) is 20.3 Å². The molecule has 0 aliphatic rings. The van der Waals surface area contributed by atoms with Crippen LogP contribution in [0.4, 0.5) is 4.79 Å². The van der Waals surface area contributed by atoms with Gasteiger partial charge in [-0.15, -0.1) is 0 Å². The first kappa shape index (κ1) is 18.2. The third-order valence-corrected chi connectivity index (χ3v) is 2.96. The number of benzene rings is 1. The SMILES string of the molecule is CCOC(=O)N(/C=C(/C#N)Cc1cccc(C)c1)CC(=O)OC. The van der Waals surface area contributed by atoms with E-state index in [-0.39, 0.29) is 13.2 Å². The lowest BCUT2D eigenvalue weighted by Crippen LogP contribution is -2.32. The lowest BCUT2D eigenvalue weighted by Gasteiger charge is -2.17. The summed E-state index contributed by atoms with van der Waals surface area (Å²) in [6.45, 7) is 3.48. The number of carbonyl (C=O) groups is 2. The number of hydrogen-bond acceptors (Lipinski definition) is 5. The van der Waals surface area contributed by atoms with E-state index in [2.05, 4.69) is 4.74 Å². The fourth-order valence-corrected chi connectivity index (χ4v) is 1.92. The molecule has 0 radical (unpaired) electrons. The largest absolute Gasteiger partial charge is 0.468 e. The second-order valence-electron chi connectivity index (χ2n) is 4.83. The molecule has 0 saturated heterocycles. The van der Waals surface area contributed by atoms with E-state index in [0.29, 0.717) is 12.0 Å². The second-order valence-corrected chi connectivity index (χ2v) is 4.83. The van der Waals surface area contributed by atoms with Crippen molar-refractivity contribution in [2.24, 2.45) is 0 Å². The zero-order valence-corrected chi connectivity index (χ0v) is 13.5. The number of nitriles is 1. The molecule has 6 heteroatoms. The lowest BCUT2D eigenvalue weighted by molar-refractivity contribution is -0.141. The van der Waals surface area contributed by atoms with Crippen LogP contribution in [0.15, 0.2) is 36.0 Å². The van der Waals surface area contributed by atoms with Gasteiger partial charge < -0.3 is 9.47 Å². The van der Waals surface area contributed by atoms with E-state index >= 15 is 0 Å². The number of carbonyl (C=O) groups excluding carboxylic acids is 2. The number of methoxy groups -OCH3 is 1. The van der Waals surface area contributed by atoms with Crippen LogP contribution >= 0.6 is 0 Å². The lowest BCUT2D eigenvalue weighted by atomic mass is 10.0. The molecular formula is C17H20N2O4. The summed E-state index contributed by atoms with van der Waals surface area (Å²) in [6.07, 6.45) is 0.988. The topological polar surface area (TPSA) is 79.6 Å².